The fourth-order valence-corrected chi connectivity index (χ4v) is 3.78. The Morgan fingerprint density at radius 2 is 1.29 bits per heavy atom. The summed E-state index contributed by atoms with van der Waals surface area (Å²) in [5, 5.41) is 10.3. The van der Waals surface area contributed by atoms with Gasteiger partial charge in [-0.2, -0.15) is 0 Å². The Hall–Kier alpha value is -1.70. The van der Waals surface area contributed by atoms with Crippen molar-refractivity contribution >= 4 is 22.1 Å². The zero-order chi connectivity index (χ0) is 15.0. The molecule has 0 aliphatic carbocycles. The van der Waals surface area contributed by atoms with Crippen LogP contribution in [0.5, 0.6) is 0 Å². The summed E-state index contributed by atoms with van der Waals surface area (Å²) in [7, 11) is 0. The number of rotatable bonds is 4. The van der Waals surface area contributed by atoms with Gasteiger partial charge < -0.3 is 10.6 Å². The first kappa shape index (κ1) is 14.2. The molecule has 0 fully saturated rings. The SMILES string of the molecule is CC(C)CC1(CC(C)C)Nc2cccc3cccc(c23)N1. The van der Waals surface area contributed by atoms with Crippen LogP contribution in [0.2, 0.25) is 0 Å². The van der Waals surface area contributed by atoms with E-state index in [1.54, 1.807) is 0 Å². The van der Waals surface area contributed by atoms with Crippen LogP contribution in [-0.4, -0.2) is 5.66 Å². The number of anilines is 2. The highest BCUT2D eigenvalue weighted by Crippen LogP contribution is 2.41. The first-order chi connectivity index (χ1) is 9.99. The molecule has 0 radical (unpaired) electrons. The van der Waals surface area contributed by atoms with Crippen LogP contribution in [-0.2, 0) is 0 Å². The number of hydrogen-bond donors (Lipinski definition) is 2. The normalized spacial score (nSPS) is 16.1. The molecule has 0 spiro atoms. The number of benzene rings is 2. The second kappa shape index (κ2) is 5.25. The maximum atomic E-state index is 3.83. The smallest absolute Gasteiger partial charge is 0.108 e. The second-order valence-corrected chi connectivity index (χ2v) is 7.24. The molecule has 0 saturated heterocycles. The lowest BCUT2D eigenvalue weighted by atomic mass is 9.86. The summed E-state index contributed by atoms with van der Waals surface area (Å²) < 4.78 is 0. The van der Waals surface area contributed by atoms with Crippen molar-refractivity contribution < 1.29 is 0 Å². The molecule has 112 valence electrons. The highest BCUT2D eigenvalue weighted by Gasteiger charge is 2.35. The Morgan fingerprint density at radius 3 is 1.71 bits per heavy atom. The highest BCUT2D eigenvalue weighted by molar-refractivity contribution is 6.05. The Kier molecular flexibility index (Phi) is 3.56. The molecule has 1 aliphatic rings. The lowest BCUT2D eigenvalue weighted by Gasteiger charge is -2.44. The molecule has 3 rings (SSSR count). The molecular formula is C19H26N2. The molecule has 0 saturated carbocycles. The van der Waals surface area contributed by atoms with E-state index in [1.165, 1.54) is 22.1 Å². The number of hydrogen-bond acceptors (Lipinski definition) is 2. The van der Waals surface area contributed by atoms with Gasteiger partial charge in [0, 0.05) is 16.8 Å². The van der Waals surface area contributed by atoms with Gasteiger partial charge >= 0.3 is 0 Å². The second-order valence-electron chi connectivity index (χ2n) is 7.24. The van der Waals surface area contributed by atoms with Crippen LogP contribution in [0.3, 0.4) is 0 Å². The summed E-state index contributed by atoms with van der Waals surface area (Å²) >= 11 is 0. The topological polar surface area (TPSA) is 24.1 Å². The third-order valence-corrected chi connectivity index (χ3v) is 4.17. The van der Waals surface area contributed by atoms with Gasteiger partial charge in [-0.05, 0) is 42.2 Å². The molecule has 2 heteroatoms. The molecular weight excluding hydrogens is 256 g/mol. The van der Waals surface area contributed by atoms with E-state index in [0.29, 0.717) is 11.8 Å². The van der Waals surface area contributed by atoms with Crippen molar-refractivity contribution in [3.8, 4) is 0 Å². The molecule has 0 bridgehead atoms. The van der Waals surface area contributed by atoms with Gasteiger partial charge in [-0.1, -0.05) is 52.0 Å². The van der Waals surface area contributed by atoms with Gasteiger partial charge in [0.1, 0.15) is 5.66 Å². The molecule has 2 nitrogen and oxygen atoms in total. The Balaban J connectivity index is 2.07. The van der Waals surface area contributed by atoms with Crippen LogP contribution in [0.1, 0.15) is 40.5 Å². The minimum Gasteiger partial charge on any atom is -0.362 e. The Labute approximate surface area is 127 Å². The van der Waals surface area contributed by atoms with Gasteiger partial charge in [0.05, 0.1) is 0 Å². The molecule has 2 aromatic carbocycles. The predicted molar refractivity (Wildman–Crippen MR) is 92.8 cm³/mol. The predicted octanol–water partition coefficient (Wildman–Crippen LogP) is 5.47. The Bertz CT molecular complexity index is 590. The van der Waals surface area contributed by atoms with E-state index in [1.807, 2.05) is 0 Å². The lowest BCUT2D eigenvalue weighted by Crippen LogP contribution is -2.50. The van der Waals surface area contributed by atoms with Crippen LogP contribution in [0.4, 0.5) is 11.4 Å². The van der Waals surface area contributed by atoms with Crippen LogP contribution < -0.4 is 10.6 Å². The van der Waals surface area contributed by atoms with Crippen LogP contribution >= 0.6 is 0 Å². The van der Waals surface area contributed by atoms with Crippen LogP contribution in [0, 0.1) is 11.8 Å². The third kappa shape index (κ3) is 2.72. The van der Waals surface area contributed by atoms with Crippen molar-refractivity contribution in [1.82, 2.24) is 0 Å². The molecule has 21 heavy (non-hydrogen) atoms. The monoisotopic (exact) mass is 282 g/mol. The van der Waals surface area contributed by atoms with Gasteiger partial charge in [-0.3, -0.25) is 0 Å². The third-order valence-electron chi connectivity index (χ3n) is 4.17. The summed E-state index contributed by atoms with van der Waals surface area (Å²) in [6.45, 7) is 9.19. The van der Waals surface area contributed by atoms with E-state index in [-0.39, 0.29) is 5.66 Å². The number of nitrogens with one attached hydrogen (secondary N) is 2. The maximum Gasteiger partial charge on any atom is 0.108 e. The summed E-state index contributed by atoms with van der Waals surface area (Å²) in [5.74, 6) is 1.29. The maximum absolute atomic E-state index is 3.83. The molecule has 0 atom stereocenters. The van der Waals surface area contributed by atoms with E-state index >= 15 is 0 Å². The highest BCUT2D eigenvalue weighted by atomic mass is 15.2. The zero-order valence-electron chi connectivity index (χ0n) is 13.5. The minimum absolute atomic E-state index is 0.0367. The van der Waals surface area contributed by atoms with Gasteiger partial charge in [-0.25, -0.2) is 0 Å². The zero-order valence-corrected chi connectivity index (χ0v) is 13.5. The van der Waals surface area contributed by atoms with Crippen molar-refractivity contribution in [2.24, 2.45) is 11.8 Å². The fraction of sp³-hybridized carbons (Fsp3) is 0.474. The van der Waals surface area contributed by atoms with Crippen molar-refractivity contribution in [3.05, 3.63) is 36.4 Å². The molecule has 0 unspecified atom stereocenters. The van der Waals surface area contributed by atoms with E-state index in [0.717, 1.165) is 12.8 Å². The quantitative estimate of drug-likeness (QED) is 0.777. The molecule has 1 heterocycles. The summed E-state index contributed by atoms with van der Waals surface area (Å²) in [4.78, 5) is 0. The summed E-state index contributed by atoms with van der Waals surface area (Å²) in [6.07, 6.45) is 2.24. The van der Waals surface area contributed by atoms with Crippen LogP contribution in [0.15, 0.2) is 36.4 Å². The van der Waals surface area contributed by atoms with Gasteiger partial charge in [0.15, 0.2) is 0 Å². The standard InChI is InChI=1S/C19H26N2/c1-13(2)11-19(12-14(3)4)20-16-9-5-7-15-8-6-10-17(21-19)18(15)16/h5-10,13-14,20-21H,11-12H2,1-4H3. The molecule has 1 aliphatic heterocycles. The first-order valence-electron chi connectivity index (χ1n) is 8.07. The summed E-state index contributed by atoms with van der Waals surface area (Å²) in [5.41, 5.74) is 2.50. The first-order valence-corrected chi connectivity index (χ1v) is 8.07. The largest absolute Gasteiger partial charge is 0.362 e. The van der Waals surface area contributed by atoms with Gasteiger partial charge in [0.25, 0.3) is 0 Å². The van der Waals surface area contributed by atoms with E-state index in [4.69, 9.17) is 0 Å². The van der Waals surface area contributed by atoms with Gasteiger partial charge in [0.2, 0.25) is 0 Å². The average Bonchev–Trinajstić information content (AvgIpc) is 2.36. The van der Waals surface area contributed by atoms with Crippen LogP contribution in [0.25, 0.3) is 10.8 Å². The van der Waals surface area contributed by atoms with E-state index in [9.17, 15) is 0 Å². The van der Waals surface area contributed by atoms with Crippen molar-refractivity contribution in [2.75, 3.05) is 10.6 Å². The summed E-state index contributed by atoms with van der Waals surface area (Å²) in [6, 6.07) is 13.1. The fourth-order valence-electron chi connectivity index (χ4n) is 3.78. The average molecular weight is 282 g/mol. The lowest BCUT2D eigenvalue weighted by molar-refractivity contribution is 0.343. The van der Waals surface area contributed by atoms with E-state index < -0.39 is 0 Å². The molecule has 2 N–H and O–H groups in total. The molecule has 0 amide bonds. The Morgan fingerprint density at radius 1 is 0.810 bits per heavy atom. The van der Waals surface area contributed by atoms with Crippen molar-refractivity contribution in [3.63, 3.8) is 0 Å². The molecule has 2 aromatic rings. The van der Waals surface area contributed by atoms with Crippen molar-refractivity contribution in [2.45, 2.75) is 46.2 Å². The minimum atomic E-state index is -0.0367. The van der Waals surface area contributed by atoms with Gasteiger partial charge in [-0.15, -0.1) is 0 Å². The van der Waals surface area contributed by atoms with Crippen molar-refractivity contribution in [1.29, 1.82) is 0 Å². The molecule has 0 aromatic heterocycles. The van der Waals surface area contributed by atoms with E-state index in [2.05, 4.69) is 74.7 Å².